The molecule has 0 aliphatic carbocycles. The summed E-state index contributed by atoms with van der Waals surface area (Å²) in [6.07, 6.45) is 1.59. The van der Waals surface area contributed by atoms with E-state index < -0.39 is 4.92 Å². The second-order valence-electron chi connectivity index (χ2n) is 3.38. The summed E-state index contributed by atoms with van der Waals surface area (Å²) >= 11 is 0. The second kappa shape index (κ2) is 4.67. The molecule has 0 aliphatic heterocycles. The zero-order valence-corrected chi connectivity index (χ0v) is 8.91. The van der Waals surface area contributed by atoms with Gasteiger partial charge in [0.2, 0.25) is 0 Å². The van der Waals surface area contributed by atoms with Gasteiger partial charge in [-0.15, -0.1) is 0 Å². The molecule has 1 heterocycles. The van der Waals surface area contributed by atoms with Gasteiger partial charge in [0.15, 0.2) is 5.82 Å². The largest absolute Gasteiger partial charge is 0.325 e. The fourth-order valence-electron chi connectivity index (χ4n) is 1.41. The average Bonchev–Trinajstić information content (AvgIpc) is 2.39. The smallest absolute Gasteiger partial charge is 0.270 e. The van der Waals surface area contributed by atoms with Crippen molar-refractivity contribution in [3.8, 4) is 11.4 Å². The Morgan fingerprint density at radius 1 is 1.35 bits per heavy atom. The lowest BCUT2D eigenvalue weighted by molar-refractivity contribution is -0.384. The van der Waals surface area contributed by atoms with Crippen molar-refractivity contribution in [1.29, 1.82) is 0 Å². The summed E-state index contributed by atoms with van der Waals surface area (Å²) in [6, 6.07) is 7.90. The number of non-ortho nitro benzene ring substituents is 1. The summed E-state index contributed by atoms with van der Waals surface area (Å²) in [5.74, 6) is 0.441. The van der Waals surface area contributed by atoms with Crippen LogP contribution in [0.1, 0.15) is 5.69 Å². The SMILES string of the molecule is NCc1ccnc(-c2cccc([N+](=O)[O-])c2)n1. The third-order valence-electron chi connectivity index (χ3n) is 2.24. The molecule has 0 fully saturated rings. The minimum Gasteiger partial charge on any atom is -0.325 e. The number of hydrogen-bond acceptors (Lipinski definition) is 5. The monoisotopic (exact) mass is 230 g/mol. The summed E-state index contributed by atoms with van der Waals surface area (Å²) in [4.78, 5) is 18.5. The van der Waals surface area contributed by atoms with Crippen molar-refractivity contribution >= 4 is 5.69 Å². The standard InChI is InChI=1S/C11H10N4O2/c12-7-9-4-5-13-11(14-9)8-2-1-3-10(6-8)15(16)17/h1-6H,7,12H2. The molecule has 1 aromatic carbocycles. The fraction of sp³-hybridized carbons (Fsp3) is 0.0909. The van der Waals surface area contributed by atoms with Crippen LogP contribution in [-0.2, 0) is 6.54 Å². The van der Waals surface area contributed by atoms with Gasteiger partial charge in [0.25, 0.3) is 5.69 Å². The average molecular weight is 230 g/mol. The first-order chi connectivity index (χ1) is 8.20. The highest BCUT2D eigenvalue weighted by Crippen LogP contribution is 2.20. The van der Waals surface area contributed by atoms with Gasteiger partial charge in [0.05, 0.1) is 10.6 Å². The van der Waals surface area contributed by atoms with E-state index >= 15 is 0 Å². The van der Waals surface area contributed by atoms with Gasteiger partial charge in [-0.1, -0.05) is 12.1 Å². The molecule has 0 saturated carbocycles. The van der Waals surface area contributed by atoms with Crippen molar-refractivity contribution < 1.29 is 4.92 Å². The minimum absolute atomic E-state index is 0.0178. The molecule has 1 aromatic heterocycles. The van der Waals surface area contributed by atoms with Crippen LogP contribution in [0.4, 0.5) is 5.69 Å². The molecule has 0 amide bonds. The van der Waals surface area contributed by atoms with Crippen LogP contribution in [0.5, 0.6) is 0 Å². The lowest BCUT2D eigenvalue weighted by atomic mass is 10.2. The lowest BCUT2D eigenvalue weighted by Crippen LogP contribution is -2.01. The molecule has 2 N–H and O–H groups in total. The molecule has 6 heteroatoms. The van der Waals surface area contributed by atoms with Crippen LogP contribution in [0.25, 0.3) is 11.4 Å². The third-order valence-corrected chi connectivity index (χ3v) is 2.24. The van der Waals surface area contributed by atoms with Gasteiger partial charge in [-0.25, -0.2) is 9.97 Å². The normalized spacial score (nSPS) is 10.2. The van der Waals surface area contributed by atoms with E-state index in [0.717, 1.165) is 0 Å². The zero-order valence-electron chi connectivity index (χ0n) is 8.91. The summed E-state index contributed by atoms with van der Waals surface area (Å²) < 4.78 is 0. The van der Waals surface area contributed by atoms with Crippen LogP contribution in [0.15, 0.2) is 36.5 Å². The number of rotatable bonds is 3. The molecule has 2 rings (SSSR count). The molecule has 86 valence electrons. The van der Waals surface area contributed by atoms with E-state index in [4.69, 9.17) is 5.73 Å². The molecule has 17 heavy (non-hydrogen) atoms. The molecule has 0 bridgehead atoms. The molecule has 0 spiro atoms. The molecule has 0 aliphatic rings. The van der Waals surface area contributed by atoms with Crippen molar-refractivity contribution in [3.63, 3.8) is 0 Å². The molecular formula is C11H10N4O2. The van der Waals surface area contributed by atoms with Crippen LogP contribution in [-0.4, -0.2) is 14.9 Å². The van der Waals surface area contributed by atoms with Gasteiger partial charge in [-0.3, -0.25) is 10.1 Å². The Hall–Kier alpha value is -2.34. The second-order valence-corrected chi connectivity index (χ2v) is 3.38. The molecule has 2 aromatic rings. The predicted molar refractivity (Wildman–Crippen MR) is 62.0 cm³/mol. The highest BCUT2D eigenvalue weighted by Gasteiger charge is 2.08. The Labute approximate surface area is 97.3 Å². The van der Waals surface area contributed by atoms with E-state index in [1.165, 1.54) is 12.1 Å². The fourth-order valence-corrected chi connectivity index (χ4v) is 1.41. The minimum atomic E-state index is -0.448. The summed E-state index contributed by atoms with van der Waals surface area (Å²) in [7, 11) is 0. The molecule has 0 radical (unpaired) electrons. The van der Waals surface area contributed by atoms with E-state index in [1.54, 1.807) is 24.4 Å². The Morgan fingerprint density at radius 2 is 2.18 bits per heavy atom. The molecule has 0 unspecified atom stereocenters. The first-order valence-electron chi connectivity index (χ1n) is 4.97. The summed E-state index contributed by atoms with van der Waals surface area (Å²) in [5, 5.41) is 10.7. The van der Waals surface area contributed by atoms with Crippen molar-refractivity contribution in [2.45, 2.75) is 6.54 Å². The van der Waals surface area contributed by atoms with Crippen molar-refractivity contribution in [2.75, 3.05) is 0 Å². The third kappa shape index (κ3) is 2.43. The summed E-state index contributed by atoms with van der Waals surface area (Å²) in [6.45, 7) is 0.310. The lowest BCUT2D eigenvalue weighted by Gasteiger charge is -2.01. The van der Waals surface area contributed by atoms with Crippen molar-refractivity contribution in [2.24, 2.45) is 5.73 Å². The molecule has 0 atom stereocenters. The Balaban J connectivity index is 2.45. The quantitative estimate of drug-likeness (QED) is 0.637. The predicted octanol–water partition coefficient (Wildman–Crippen LogP) is 1.51. The van der Waals surface area contributed by atoms with Gasteiger partial charge >= 0.3 is 0 Å². The Morgan fingerprint density at radius 3 is 2.88 bits per heavy atom. The van der Waals surface area contributed by atoms with Gasteiger partial charge in [0, 0.05) is 30.4 Å². The Kier molecular flexibility index (Phi) is 3.06. The van der Waals surface area contributed by atoms with Crippen LogP contribution in [0.2, 0.25) is 0 Å². The first kappa shape index (κ1) is 11.2. The van der Waals surface area contributed by atoms with Crippen molar-refractivity contribution in [3.05, 3.63) is 52.3 Å². The molecule has 0 saturated heterocycles. The number of nitrogens with two attached hydrogens (primary N) is 1. The first-order valence-corrected chi connectivity index (χ1v) is 4.97. The van der Waals surface area contributed by atoms with Crippen LogP contribution < -0.4 is 5.73 Å². The number of nitro groups is 1. The Bertz CT molecular complexity index is 557. The van der Waals surface area contributed by atoms with Gasteiger partial charge < -0.3 is 5.73 Å². The van der Waals surface area contributed by atoms with E-state index in [1.807, 2.05) is 0 Å². The number of hydrogen-bond donors (Lipinski definition) is 1. The number of nitrogens with zero attached hydrogens (tertiary/aromatic N) is 3. The van der Waals surface area contributed by atoms with Crippen LogP contribution in [0.3, 0.4) is 0 Å². The number of aromatic nitrogens is 2. The number of nitro benzene ring substituents is 1. The maximum atomic E-state index is 10.7. The highest BCUT2D eigenvalue weighted by atomic mass is 16.6. The summed E-state index contributed by atoms with van der Waals surface area (Å²) in [5.41, 5.74) is 6.80. The van der Waals surface area contributed by atoms with Crippen molar-refractivity contribution in [1.82, 2.24) is 9.97 Å². The van der Waals surface area contributed by atoms with Crippen LogP contribution >= 0.6 is 0 Å². The molecule has 6 nitrogen and oxygen atoms in total. The zero-order chi connectivity index (χ0) is 12.3. The highest BCUT2D eigenvalue weighted by molar-refractivity contribution is 5.58. The molecular weight excluding hydrogens is 220 g/mol. The van der Waals surface area contributed by atoms with Gasteiger partial charge in [0.1, 0.15) is 0 Å². The van der Waals surface area contributed by atoms with E-state index in [2.05, 4.69) is 9.97 Å². The van der Waals surface area contributed by atoms with E-state index in [-0.39, 0.29) is 5.69 Å². The van der Waals surface area contributed by atoms with Gasteiger partial charge in [-0.05, 0) is 6.07 Å². The van der Waals surface area contributed by atoms with Gasteiger partial charge in [-0.2, -0.15) is 0 Å². The van der Waals surface area contributed by atoms with E-state index in [0.29, 0.717) is 23.6 Å². The van der Waals surface area contributed by atoms with Crippen LogP contribution in [0, 0.1) is 10.1 Å². The number of benzene rings is 1. The topological polar surface area (TPSA) is 94.9 Å². The van der Waals surface area contributed by atoms with E-state index in [9.17, 15) is 10.1 Å². The maximum Gasteiger partial charge on any atom is 0.270 e. The maximum absolute atomic E-state index is 10.7.